The Morgan fingerprint density at radius 2 is 2.00 bits per heavy atom. The molecule has 0 aliphatic heterocycles. The molecule has 0 radical (unpaired) electrons. The third-order valence-electron chi connectivity index (χ3n) is 2.68. The van der Waals surface area contributed by atoms with Gasteiger partial charge >= 0.3 is 0 Å². The number of nitrogens with one attached hydrogen (secondary N) is 1. The van der Waals surface area contributed by atoms with Crippen LogP contribution in [0.2, 0.25) is 0 Å². The highest BCUT2D eigenvalue weighted by Gasteiger charge is 2.15. The lowest BCUT2D eigenvalue weighted by atomic mass is 10.2. The molecule has 0 spiro atoms. The number of benzene rings is 1. The fourth-order valence-corrected chi connectivity index (χ4v) is 3.80. The summed E-state index contributed by atoms with van der Waals surface area (Å²) in [6.07, 6.45) is 0.615. The zero-order valence-corrected chi connectivity index (χ0v) is 12.5. The van der Waals surface area contributed by atoms with Gasteiger partial charge in [-0.15, -0.1) is 11.3 Å². The van der Waals surface area contributed by atoms with Crippen molar-refractivity contribution in [2.45, 2.75) is 25.2 Å². The van der Waals surface area contributed by atoms with Gasteiger partial charge < -0.3 is 0 Å². The molecule has 4 nitrogen and oxygen atoms in total. The molecule has 2 rings (SSSR count). The van der Waals surface area contributed by atoms with E-state index in [0.29, 0.717) is 17.9 Å². The van der Waals surface area contributed by atoms with E-state index in [4.69, 9.17) is 0 Å². The Labute approximate surface area is 117 Å². The summed E-state index contributed by atoms with van der Waals surface area (Å²) in [5.74, 6) is 0. The minimum Gasteiger partial charge on any atom is -0.247 e. The van der Waals surface area contributed by atoms with Crippen molar-refractivity contribution < 1.29 is 8.42 Å². The predicted octanol–water partition coefficient (Wildman–Crippen LogP) is 2.28. The van der Waals surface area contributed by atoms with E-state index in [0.717, 1.165) is 16.3 Å². The molecule has 1 heterocycles. The van der Waals surface area contributed by atoms with E-state index in [-0.39, 0.29) is 0 Å². The van der Waals surface area contributed by atoms with Crippen LogP contribution in [0.25, 0.3) is 0 Å². The molecule has 0 aliphatic rings. The molecule has 6 heteroatoms. The summed E-state index contributed by atoms with van der Waals surface area (Å²) in [5.41, 5.74) is 1.72. The summed E-state index contributed by atoms with van der Waals surface area (Å²) >= 11 is 1.55. The van der Waals surface area contributed by atoms with E-state index in [1.54, 1.807) is 36.5 Å². The highest BCUT2D eigenvalue weighted by Crippen LogP contribution is 2.14. The third kappa shape index (κ3) is 3.62. The van der Waals surface area contributed by atoms with Crippen molar-refractivity contribution in [2.24, 2.45) is 0 Å². The van der Waals surface area contributed by atoms with Crippen LogP contribution in [-0.4, -0.2) is 19.9 Å². The van der Waals surface area contributed by atoms with Crippen molar-refractivity contribution in [3.8, 4) is 0 Å². The molecule has 0 saturated carbocycles. The Morgan fingerprint density at radius 3 is 2.63 bits per heavy atom. The van der Waals surface area contributed by atoms with Crippen LogP contribution in [0, 0.1) is 13.8 Å². The van der Waals surface area contributed by atoms with E-state index in [9.17, 15) is 8.42 Å². The van der Waals surface area contributed by atoms with Crippen molar-refractivity contribution in [1.29, 1.82) is 0 Å². The van der Waals surface area contributed by atoms with Crippen LogP contribution in [0.5, 0.6) is 0 Å². The van der Waals surface area contributed by atoms with Crippen LogP contribution in [0.1, 0.15) is 16.3 Å². The zero-order chi connectivity index (χ0) is 13.9. The van der Waals surface area contributed by atoms with Crippen LogP contribution < -0.4 is 4.72 Å². The minimum atomic E-state index is -3.43. The van der Waals surface area contributed by atoms with Crippen molar-refractivity contribution >= 4 is 21.4 Å². The Bertz CT molecular complexity index is 663. The van der Waals surface area contributed by atoms with Crippen molar-refractivity contribution in [3.05, 3.63) is 45.9 Å². The van der Waals surface area contributed by atoms with Crippen LogP contribution in [0.3, 0.4) is 0 Å². The Hall–Kier alpha value is -1.24. The molecule has 19 heavy (non-hydrogen) atoms. The van der Waals surface area contributed by atoms with Gasteiger partial charge in [0.2, 0.25) is 10.0 Å². The maximum Gasteiger partial charge on any atom is 0.240 e. The molecule has 0 atom stereocenters. The molecular formula is C13H16N2O2S2. The van der Waals surface area contributed by atoms with Gasteiger partial charge in [0.25, 0.3) is 0 Å². The number of thiazole rings is 1. The molecule has 1 aromatic carbocycles. The van der Waals surface area contributed by atoms with Crippen molar-refractivity contribution in [1.82, 2.24) is 9.71 Å². The predicted molar refractivity (Wildman–Crippen MR) is 76.9 cm³/mol. The van der Waals surface area contributed by atoms with E-state index >= 15 is 0 Å². The average Bonchev–Trinajstić information content (AvgIpc) is 2.75. The number of aromatic nitrogens is 1. The van der Waals surface area contributed by atoms with Gasteiger partial charge in [-0.2, -0.15) is 0 Å². The summed E-state index contributed by atoms with van der Waals surface area (Å²) in [6.45, 7) is 4.08. The standard InChI is InChI=1S/C13H16N2O2S2/c1-10-5-3-4-6-12(10)19(16,17)14-8-7-13-15-11(2)9-18-13/h3-6,9,14H,7-8H2,1-2H3. The van der Waals surface area contributed by atoms with Gasteiger partial charge in [-0.05, 0) is 25.5 Å². The second-order valence-corrected chi connectivity index (χ2v) is 6.97. The number of nitrogens with zero attached hydrogens (tertiary/aromatic N) is 1. The molecule has 0 aliphatic carbocycles. The maximum atomic E-state index is 12.1. The summed E-state index contributed by atoms with van der Waals surface area (Å²) in [4.78, 5) is 4.64. The first kappa shape index (κ1) is 14.2. The number of sulfonamides is 1. The summed E-state index contributed by atoms with van der Waals surface area (Å²) in [5, 5.41) is 2.91. The lowest BCUT2D eigenvalue weighted by Gasteiger charge is -2.08. The van der Waals surface area contributed by atoms with Crippen LogP contribution in [0.4, 0.5) is 0 Å². The Kier molecular flexibility index (Phi) is 4.34. The number of hydrogen-bond acceptors (Lipinski definition) is 4. The largest absolute Gasteiger partial charge is 0.247 e. The molecule has 1 aromatic heterocycles. The second kappa shape index (κ2) is 5.81. The monoisotopic (exact) mass is 296 g/mol. The normalized spacial score (nSPS) is 11.7. The molecular weight excluding hydrogens is 280 g/mol. The van der Waals surface area contributed by atoms with E-state index in [2.05, 4.69) is 9.71 Å². The van der Waals surface area contributed by atoms with Gasteiger partial charge in [0.15, 0.2) is 0 Å². The van der Waals surface area contributed by atoms with E-state index < -0.39 is 10.0 Å². The van der Waals surface area contributed by atoms with Gasteiger partial charge in [0, 0.05) is 24.0 Å². The molecule has 0 unspecified atom stereocenters. The van der Waals surface area contributed by atoms with Gasteiger partial charge in [0.1, 0.15) is 0 Å². The first-order valence-electron chi connectivity index (χ1n) is 5.95. The fraction of sp³-hybridized carbons (Fsp3) is 0.308. The number of hydrogen-bond donors (Lipinski definition) is 1. The van der Waals surface area contributed by atoms with Gasteiger partial charge in [-0.25, -0.2) is 18.1 Å². The van der Waals surface area contributed by atoms with Crippen LogP contribution in [-0.2, 0) is 16.4 Å². The average molecular weight is 296 g/mol. The topological polar surface area (TPSA) is 59.1 Å². The third-order valence-corrected chi connectivity index (χ3v) is 5.33. The lowest BCUT2D eigenvalue weighted by Crippen LogP contribution is -2.26. The fourth-order valence-electron chi connectivity index (χ4n) is 1.75. The molecule has 0 saturated heterocycles. The summed E-state index contributed by atoms with van der Waals surface area (Å²) in [6, 6.07) is 6.96. The Balaban J connectivity index is 2.01. The second-order valence-electron chi connectivity index (χ2n) is 4.30. The quantitative estimate of drug-likeness (QED) is 0.921. The molecule has 2 aromatic rings. The number of rotatable bonds is 5. The van der Waals surface area contributed by atoms with Crippen molar-refractivity contribution in [3.63, 3.8) is 0 Å². The SMILES string of the molecule is Cc1csc(CCNS(=O)(=O)c2ccccc2C)n1. The maximum absolute atomic E-state index is 12.1. The highest BCUT2D eigenvalue weighted by atomic mass is 32.2. The first-order chi connectivity index (χ1) is 8.99. The summed E-state index contributed by atoms with van der Waals surface area (Å²) < 4.78 is 26.9. The Morgan fingerprint density at radius 1 is 1.26 bits per heavy atom. The molecule has 102 valence electrons. The van der Waals surface area contributed by atoms with E-state index in [1.807, 2.05) is 18.4 Å². The van der Waals surface area contributed by atoms with E-state index in [1.165, 1.54) is 0 Å². The first-order valence-corrected chi connectivity index (χ1v) is 8.31. The lowest BCUT2D eigenvalue weighted by molar-refractivity contribution is 0.581. The zero-order valence-electron chi connectivity index (χ0n) is 10.9. The van der Waals surface area contributed by atoms with Crippen LogP contribution in [0.15, 0.2) is 34.5 Å². The molecule has 0 bridgehead atoms. The minimum absolute atomic E-state index is 0.338. The van der Waals surface area contributed by atoms with Gasteiger partial charge in [-0.3, -0.25) is 0 Å². The van der Waals surface area contributed by atoms with Gasteiger partial charge in [0.05, 0.1) is 9.90 Å². The molecule has 0 amide bonds. The summed E-state index contributed by atoms with van der Waals surface area (Å²) in [7, 11) is -3.43. The highest BCUT2D eigenvalue weighted by molar-refractivity contribution is 7.89. The smallest absolute Gasteiger partial charge is 0.240 e. The molecule has 1 N–H and O–H groups in total. The van der Waals surface area contributed by atoms with Crippen molar-refractivity contribution in [2.75, 3.05) is 6.54 Å². The molecule has 0 fully saturated rings. The van der Waals surface area contributed by atoms with Crippen LogP contribution >= 0.6 is 11.3 Å². The number of aryl methyl sites for hydroxylation is 2. The van der Waals surface area contributed by atoms with Gasteiger partial charge in [-0.1, -0.05) is 18.2 Å².